The van der Waals surface area contributed by atoms with Gasteiger partial charge >= 0.3 is 0 Å². The second-order valence-corrected chi connectivity index (χ2v) is 6.13. The highest BCUT2D eigenvalue weighted by Gasteiger charge is 2.45. The molecule has 0 bridgehead atoms. The zero-order valence-corrected chi connectivity index (χ0v) is 12.9. The molecule has 0 aromatic heterocycles. The summed E-state index contributed by atoms with van der Waals surface area (Å²) in [5, 5.41) is 13.4. The van der Waals surface area contributed by atoms with Crippen LogP contribution in [0.5, 0.6) is 5.75 Å². The number of aryl methyl sites for hydroxylation is 2. The molecule has 0 radical (unpaired) electrons. The summed E-state index contributed by atoms with van der Waals surface area (Å²) in [6.45, 7) is 7.91. The molecule has 0 aliphatic heterocycles. The third-order valence-corrected chi connectivity index (χ3v) is 4.06. The van der Waals surface area contributed by atoms with Gasteiger partial charge in [0.2, 0.25) is 0 Å². The van der Waals surface area contributed by atoms with E-state index in [0.29, 0.717) is 12.5 Å². The van der Waals surface area contributed by atoms with Crippen molar-refractivity contribution >= 4 is 0 Å². The van der Waals surface area contributed by atoms with Gasteiger partial charge in [0.05, 0.1) is 12.1 Å². The second-order valence-electron chi connectivity index (χ2n) is 6.13. The molecule has 112 valence electrons. The summed E-state index contributed by atoms with van der Waals surface area (Å²) in [5.41, 5.74) is 2.15. The summed E-state index contributed by atoms with van der Waals surface area (Å²) in [6.07, 6.45) is 3.44. The first-order valence-corrected chi connectivity index (χ1v) is 7.66. The number of hydrogen-bond acceptors (Lipinski definition) is 3. The maximum atomic E-state index is 9.86. The molecule has 1 aliphatic rings. The van der Waals surface area contributed by atoms with E-state index in [1.54, 1.807) is 0 Å². The quantitative estimate of drug-likeness (QED) is 0.768. The van der Waals surface area contributed by atoms with Crippen LogP contribution in [0.1, 0.15) is 37.3 Å². The number of rotatable bonds is 8. The molecule has 1 saturated carbocycles. The normalized spacial score (nSPS) is 17.8. The number of nitrogens with one attached hydrogen (secondary N) is 1. The lowest BCUT2D eigenvalue weighted by Gasteiger charge is -2.33. The lowest BCUT2D eigenvalue weighted by molar-refractivity contribution is 0.0850. The van der Waals surface area contributed by atoms with Gasteiger partial charge < -0.3 is 15.2 Å². The average molecular weight is 277 g/mol. The number of benzene rings is 1. The smallest absolute Gasteiger partial charge is 0.119 e. The summed E-state index contributed by atoms with van der Waals surface area (Å²) in [6, 6.07) is 6.26. The number of ether oxygens (including phenoxy) is 1. The van der Waals surface area contributed by atoms with E-state index in [9.17, 15) is 5.11 Å². The van der Waals surface area contributed by atoms with E-state index in [1.165, 1.54) is 24.0 Å². The number of hydrogen-bond donors (Lipinski definition) is 2. The molecule has 1 aromatic carbocycles. The van der Waals surface area contributed by atoms with Crippen LogP contribution in [0.4, 0.5) is 0 Å². The van der Waals surface area contributed by atoms with Crippen molar-refractivity contribution in [2.24, 2.45) is 5.92 Å². The Kier molecular flexibility index (Phi) is 5.06. The number of aliphatic hydroxyl groups excluding tert-OH is 1. The number of aliphatic hydroxyl groups is 1. The standard InChI is InChI=1S/C17H27NO2/c1-4-7-18-17(11-19,15-5-6-15)12-20-16-9-13(2)8-14(3)10-16/h8-10,15,18-19H,4-7,11-12H2,1-3H3. The van der Waals surface area contributed by atoms with Crippen LogP contribution in [-0.2, 0) is 0 Å². The van der Waals surface area contributed by atoms with Gasteiger partial charge in [-0.15, -0.1) is 0 Å². The van der Waals surface area contributed by atoms with Crippen LogP contribution >= 0.6 is 0 Å². The van der Waals surface area contributed by atoms with Crippen LogP contribution in [0.2, 0.25) is 0 Å². The molecule has 0 heterocycles. The Hall–Kier alpha value is -1.06. The van der Waals surface area contributed by atoms with Crippen molar-refractivity contribution in [2.75, 3.05) is 19.8 Å². The Morgan fingerprint density at radius 1 is 1.25 bits per heavy atom. The summed E-state index contributed by atoms with van der Waals surface area (Å²) in [7, 11) is 0. The second kappa shape index (κ2) is 6.59. The van der Waals surface area contributed by atoms with Crippen molar-refractivity contribution in [2.45, 2.75) is 45.6 Å². The van der Waals surface area contributed by atoms with E-state index in [0.717, 1.165) is 18.7 Å². The zero-order chi connectivity index (χ0) is 14.6. The molecule has 1 fully saturated rings. The minimum atomic E-state index is -0.270. The molecule has 2 N–H and O–H groups in total. The Balaban J connectivity index is 2.04. The van der Waals surface area contributed by atoms with Crippen molar-refractivity contribution in [3.63, 3.8) is 0 Å². The van der Waals surface area contributed by atoms with Crippen LogP contribution < -0.4 is 10.1 Å². The van der Waals surface area contributed by atoms with Gasteiger partial charge in [-0.2, -0.15) is 0 Å². The van der Waals surface area contributed by atoms with Gasteiger partial charge in [0.15, 0.2) is 0 Å². The molecule has 1 aromatic rings. The van der Waals surface area contributed by atoms with E-state index in [4.69, 9.17) is 4.74 Å². The first kappa shape index (κ1) is 15.3. The molecule has 0 spiro atoms. The first-order valence-electron chi connectivity index (χ1n) is 7.66. The summed E-state index contributed by atoms with van der Waals surface area (Å²) < 4.78 is 6.00. The van der Waals surface area contributed by atoms with Crippen molar-refractivity contribution in [3.05, 3.63) is 29.3 Å². The van der Waals surface area contributed by atoms with E-state index in [1.807, 2.05) is 0 Å². The van der Waals surface area contributed by atoms with E-state index in [2.05, 4.69) is 44.3 Å². The lowest BCUT2D eigenvalue weighted by Crippen LogP contribution is -2.55. The monoisotopic (exact) mass is 277 g/mol. The third-order valence-electron chi connectivity index (χ3n) is 4.06. The molecular weight excluding hydrogens is 250 g/mol. The van der Waals surface area contributed by atoms with Crippen molar-refractivity contribution in [1.82, 2.24) is 5.32 Å². The Bertz CT molecular complexity index is 422. The Morgan fingerprint density at radius 2 is 1.90 bits per heavy atom. The highest BCUT2D eigenvalue weighted by atomic mass is 16.5. The molecule has 0 saturated heterocycles. The van der Waals surface area contributed by atoms with Gasteiger partial charge in [-0.3, -0.25) is 0 Å². The molecule has 1 unspecified atom stereocenters. The highest BCUT2D eigenvalue weighted by molar-refractivity contribution is 5.33. The SMILES string of the molecule is CCCNC(CO)(COc1cc(C)cc(C)c1)C1CC1. The topological polar surface area (TPSA) is 41.5 Å². The lowest BCUT2D eigenvalue weighted by atomic mass is 9.95. The summed E-state index contributed by atoms with van der Waals surface area (Å²) in [4.78, 5) is 0. The molecule has 1 aliphatic carbocycles. The molecular formula is C17H27NO2. The summed E-state index contributed by atoms with van der Waals surface area (Å²) in [5.74, 6) is 1.45. The van der Waals surface area contributed by atoms with Crippen LogP contribution in [0.25, 0.3) is 0 Å². The van der Waals surface area contributed by atoms with Crippen molar-refractivity contribution in [3.8, 4) is 5.75 Å². The van der Waals surface area contributed by atoms with Gasteiger partial charge in [-0.1, -0.05) is 13.0 Å². The van der Waals surface area contributed by atoms with Crippen molar-refractivity contribution in [1.29, 1.82) is 0 Å². The van der Waals surface area contributed by atoms with E-state index in [-0.39, 0.29) is 12.1 Å². The maximum absolute atomic E-state index is 9.86. The fraction of sp³-hybridized carbons (Fsp3) is 0.647. The maximum Gasteiger partial charge on any atom is 0.119 e. The van der Waals surface area contributed by atoms with Crippen LogP contribution in [0.15, 0.2) is 18.2 Å². The van der Waals surface area contributed by atoms with Gasteiger partial charge in [0.1, 0.15) is 12.4 Å². The minimum Gasteiger partial charge on any atom is -0.492 e. The minimum absolute atomic E-state index is 0.141. The molecule has 2 rings (SSSR count). The van der Waals surface area contributed by atoms with Crippen LogP contribution in [-0.4, -0.2) is 30.4 Å². The van der Waals surface area contributed by atoms with E-state index < -0.39 is 0 Å². The summed E-state index contributed by atoms with van der Waals surface area (Å²) >= 11 is 0. The Morgan fingerprint density at radius 3 is 2.40 bits per heavy atom. The fourth-order valence-electron chi connectivity index (χ4n) is 2.78. The third kappa shape index (κ3) is 3.74. The average Bonchev–Trinajstić information content (AvgIpc) is 3.23. The molecule has 20 heavy (non-hydrogen) atoms. The van der Waals surface area contributed by atoms with Gasteiger partial charge in [0, 0.05) is 0 Å². The first-order chi connectivity index (χ1) is 9.59. The zero-order valence-electron chi connectivity index (χ0n) is 12.9. The predicted molar refractivity (Wildman–Crippen MR) is 82.2 cm³/mol. The Labute approximate surface area is 122 Å². The van der Waals surface area contributed by atoms with Crippen molar-refractivity contribution < 1.29 is 9.84 Å². The fourth-order valence-corrected chi connectivity index (χ4v) is 2.78. The largest absolute Gasteiger partial charge is 0.492 e. The molecule has 3 heteroatoms. The van der Waals surface area contributed by atoms with Crippen LogP contribution in [0, 0.1) is 19.8 Å². The van der Waals surface area contributed by atoms with Gasteiger partial charge in [-0.05, 0) is 68.8 Å². The molecule has 1 atom stereocenters. The highest BCUT2D eigenvalue weighted by Crippen LogP contribution is 2.40. The van der Waals surface area contributed by atoms with Crippen LogP contribution in [0.3, 0.4) is 0 Å². The van der Waals surface area contributed by atoms with Gasteiger partial charge in [0.25, 0.3) is 0 Å². The predicted octanol–water partition coefficient (Wildman–Crippen LogP) is 2.82. The van der Waals surface area contributed by atoms with Gasteiger partial charge in [-0.25, -0.2) is 0 Å². The van der Waals surface area contributed by atoms with E-state index >= 15 is 0 Å². The molecule has 0 amide bonds. The molecule has 3 nitrogen and oxygen atoms in total.